The third-order valence-electron chi connectivity index (χ3n) is 3.88. The van der Waals surface area contributed by atoms with Crippen molar-refractivity contribution in [1.29, 1.82) is 0 Å². The first-order valence-corrected chi connectivity index (χ1v) is 8.32. The van der Waals surface area contributed by atoms with Gasteiger partial charge in [0, 0.05) is 12.5 Å². The summed E-state index contributed by atoms with van der Waals surface area (Å²) in [7, 11) is 1.67. The molecule has 0 unspecified atom stereocenters. The highest BCUT2D eigenvalue weighted by molar-refractivity contribution is 5.43. The summed E-state index contributed by atoms with van der Waals surface area (Å²) in [5.41, 5.74) is 8.61. The summed E-state index contributed by atoms with van der Waals surface area (Å²) in [6.45, 7) is 2.79. The standard InChI is InChI=1S/C20H27NO2/c1-3-7-18(21)14-17-10-11-19(22-2)20(15-17)23-13-12-16-8-5-4-6-9-16/h4-6,8-11,15,18H,3,7,12-14,21H2,1-2H3/t18-/m1/s1. The van der Waals surface area contributed by atoms with E-state index in [1.54, 1.807) is 7.11 Å². The van der Waals surface area contributed by atoms with Crippen LogP contribution >= 0.6 is 0 Å². The number of hydrogen-bond acceptors (Lipinski definition) is 3. The SMILES string of the molecule is CCC[C@@H](N)Cc1ccc(OC)c(OCCc2ccccc2)c1. The van der Waals surface area contributed by atoms with Gasteiger partial charge in [-0.15, -0.1) is 0 Å². The van der Waals surface area contributed by atoms with Gasteiger partial charge in [0.2, 0.25) is 0 Å². The largest absolute Gasteiger partial charge is 0.493 e. The van der Waals surface area contributed by atoms with Crippen molar-refractivity contribution < 1.29 is 9.47 Å². The van der Waals surface area contributed by atoms with Crippen LogP contribution in [0.15, 0.2) is 48.5 Å². The molecule has 2 rings (SSSR count). The van der Waals surface area contributed by atoms with Crippen molar-refractivity contribution >= 4 is 0 Å². The summed E-state index contributed by atoms with van der Waals surface area (Å²) in [5.74, 6) is 1.57. The Balaban J connectivity index is 1.98. The van der Waals surface area contributed by atoms with Gasteiger partial charge in [0.05, 0.1) is 13.7 Å². The van der Waals surface area contributed by atoms with Gasteiger partial charge in [-0.25, -0.2) is 0 Å². The molecule has 23 heavy (non-hydrogen) atoms. The number of rotatable bonds is 9. The lowest BCUT2D eigenvalue weighted by Gasteiger charge is -2.14. The van der Waals surface area contributed by atoms with Crippen LogP contribution in [0.2, 0.25) is 0 Å². The van der Waals surface area contributed by atoms with E-state index in [-0.39, 0.29) is 6.04 Å². The smallest absolute Gasteiger partial charge is 0.161 e. The third-order valence-corrected chi connectivity index (χ3v) is 3.88. The van der Waals surface area contributed by atoms with E-state index in [0.717, 1.165) is 37.2 Å². The van der Waals surface area contributed by atoms with Crippen LogP contribution in [0.5, 0.6) is 11.5 Å². The molecule has 1 atom stereocenters. The Kier molecular flexibility index (Phi) is 6.95. The minimum atomic E-state index is 0.200. The van der Waals surface area contributed by atoms with E-state index >= 15 is 0 Å². The van der Waals surface area contributed by atoms with Crippen molar-refractivity contribution in [2.75, 3.05) is 13.7 Å². The van der Waals surface area contributed by atoms with Gasteiger partial charge >= 0.3 is 0 Å². The second-order valence-electron chi connectivity index (χ2n) is 5.82. The molecule has 0 aliphatic carbocycles. The topological polar surface area (TPSA) is 44.5 Å². The first kappa shape index (κ1) is 17.4. The van der Waals surface area contributed by atoms with Crippen LogP contribution in [0.3, 0.4) is 0 Å². The van der Waals surface area contributed by atoms with Crippen LogP contribution in [0.4, 0.5) is 0 Å². The molecular formula is C20H27NO2. The molecule has 3 nitrogen and oxygen atoms in total. The molecule has 3 heteroatoms. The molecule has 124 valence electrons. The molecule has 0 bridgehead atoms. The van der Waals surface area contributed by atoms with Gasteiger partial charge in [0.15, 0.2) is 11.5 Å². The number of methoxy groups -OCH3 is 1. The van der Waals surface area contributed by atoms with Gasteiger partial charge in [0.25, 0.3) is 0 Å². The molecule has 0 heterocycles. The molecule has 2 aromatic rings. The number of benzene rings is 2. The fourth-order valence-corrected chi connectivity index (χ4v) is 2.66. The van der Waals surface area contributed by atoms with Crippen molar-refractivity contribution in [1.82, 2.24) is 0 Å². The Labute approximate surface area is 139 Å². The lowest BCUT2D eigenvalue weighted by Crippen LogP contribution is -2.22. The Morgan fingerprint density at radius 1 is 1.00 bits per heavy atom. The summed E-state index contributed by atoms with van der Waals surface area (Å²) in [5, 5.41) is 0. The van der Waals surface area contributed by atoms with E-state index in [2.05, 4.69) is 31.2 Å². The van der Waals surface area contributed by atoms with E-state index in [4.69, 9.17) is 15.2 Å². The summed E-state index contributed by atoms with van der Waals surface area (Å²) in [4.78, 5) is 0. The van der Waals surface area contributed by atoms with Gasteiger partial charge in [-0.05, 0) is 36.1 Å². The first-order valence-electron chi connectivity index (χ1n) is 8.32. The second-order valence-corrected chi connectivity index (χ2v) is 5.82. The van der Waals surface area contributed by atoms with Crippen LogP contribution in [0, 0.1) is 0 Å². The van der Waals surface area contributed by atoms with E-state index in [1.165, 1.54) is 11.1 Å². The molecule has 0 saturated carbocycles. The van der Waals surface area contributed by atoms with Crippen molar-refractivity contribution in [2.24, 2.45) is 5.73 Å². The third kappa shape index (κ3) is 5.61. The van der Waals surface area contributed by atoms with Crippen LogP contribution in [-0.4, -0.2) is 19.8 Å². The zero-order valence-electron chi connectivity index (χ0n) is 14.1. The average molecular weight is 313 g/mol. The lowest BCUT2D eigenvalue weighted by atomic mass is 10.0. The maximum absolute atomic E-state index is 6.14. The van der Waals surface area contributed by atoms with E-state index < -0.39 is 0 Å². The van der Waals surface area contributed by atoms with Gasteiger partial charge < -0.3 is 15.2 Å². The summed E-state index contributed by atoms with van der Waals surface area (Å²) in [6, 6.07) is 16.6. The van der Waals surface area contributed by atoms with Crippen LogP contribution < -0.4 is 15.2 Å². The minimum absolute atomic E-state index is 0.200. The molecule has 0 aliphatic heterocycles. The van der Waals surface area contributed by atoms with Crippen molar-refractivity contribution in [3.63, 3.8) is 0 Å². The van der Waals surface area contributed by atoms with Gasteiger partial charge in [0.1, 0.15) is 0 Å². The normalized spacial score (nSPS) is 12.0. The number of hydrogen-bond donors (Lipinski definition) is 1. The molecule has 2 N–H and O–H groups in total. The molecule has 0 fully saturated rings. The molecule has 0 radical (unpaired) electrons. The molecule has 0 amide bonds. The molecule has 0 spiro atoms. The summed E-state index contributed by atoms with van der Waals surface area (Å²) >= 11 is 0. The maximum atomic E-state index is 6.14. The average Bonchev–Trinajstić information content (AvgIpc) is 2.56. The van der Waals surface area contributed by atoms with E-state index in [9.17, 15) is 0 Å². The first-order chi connectivity index (χ1) is 11.2. The highest BCUT2D eigenvalue weighted by atomic mass is 16.5. The fourth-order valence-electron chi connectivity index (χ4n) is 2.66. The Morgan fingerprint density at radius 3 is 2.48 bits per heavy atom. The summed E-state index contributed by atoms with van der Waals surface area (Å²) in [6.07, 6.45) is 3.89. The van der Waals surface area contributed by atoms with Crippen LogP contribution in [0.1, 0.15) is 30.9 Å². The Morgan fingerprint density at radius 2 is 1.78 bits per heavy atom. The van der Waals surface area contributed by atoms with Gasteiger partial charge in [-0.3, -0.25) is 0 Å². The molecule has 0 saturated heterocycles. The number of ether oxygens (including phenoxy) is 2. The Bertz CT molecular complexity index is 583. The van der Waals surface area contributed by atoms with Crippen LogP contribution in [-0.2, 0) is 12.8 Å². The zero-order chi connectivity index (χ0) is 16.5. The summed E-state index contributed by atoms with van der Waals surface area (Å²) < 4.78 is 11.3. The predicted molar refractivity (Wildman–Crippen MR) is 95.2 cm³/mol. The molecule has 2 aromatic carbocycles. The van der Waals surface area contributed by atoms with Crippen molar-refractivity contribution in [3.05, 3.63) is 59.7 Å². The minimum Gasteiger partial charge on any atom is -0.493 e. The highest BCUT2D eigenvalue weighted by Gasteiger charge is 2.09. The lowest BCUT2D eigenvalue weighted by molar-refractivity contribution is 0.297. The monoisotopic (exact) mass is 313 g/mol. The fraction of sp³-hybridized carbons (Fsp3) is 0.400. The maximum Gasteiger partial charge on any atom is 0.161 e. The van der Waals surface area contributed by atoms with Gasteiger partial charge in [-0.1, -0.05) is 49.7 Å². The molecule has 0 aliphatic rings. The zero-order valence-corrected chi connectivity index (χ0v) is 14.1. The van der Waals surface area contributed by atoms with Crippen molar-refractivity contribution in [3.8, 4) is 11.5 Å². The second kappa shape index (κ2) is 9.21. The molecular weight excluding hydrogens is 286 g/mol. The van der Waals surface area contributed by atoms with E-state index in [0.29, 0.717) is 6.61 Å². The quantitative estimate of drug-likeness (QED) is 0.761. The highest BCUT2D eigenvalue weighted by Crippen LogP contribution is 2.28. The van der Waals surface area contributed by atoms with E-state index in [1.807, 2.05) is 24.3 Å². The number of nitrogens with two attached hydrogens (primary N) is 1. The van der Waals surface area contributed by atoms with Crippen molar-refractivity contribution in [2.45, 2.75) is 38.6 Å². The van der Waals surface area contributed by atoms with Crippen LogP contribution in [0.25, 0.3) is 0 Å². The molecule has 0 aromatic heterocycles. The predicted octanol–water partition coefficient (Wildman–Crippen LogP) is 3.99. The Hall–Kier alpha value is -2.00. The van der Waals surface area contributed by atoms with Gasteiger partial charge in [-0.2, -0.15) is 0 Å².